The highest BCUT2D eigenvalue weighted by atomic mass is 35.5. The zero-order chi connectivity index (χ0) is 14.4. The minimum atomic E-state index is -0.606. The molecule has 2 aromatic rings. The van der Waals surface area contributed by atoms with Crippen LogP contribution in [-0.2, 0) is 0 Å². The molecule has 0 amide bonds. The van der Waals surface area contributed by atoms with Gasteiger partial charge in [0.2, 0.25) is 0 Å². The summed E-state index contributed by atoms with van der Waals surface area (Å²) in [5.41, 5.74) is 2.06. The molecular weight excluding hydrogens is 274 g/mol. The third-order valence-corrected chi connectivity index (χ3v) is 3.24. The molecule has 2 aromatic carbocycles. The van der Waals surface area contributed by atoms with Gasteiger partial charge >= 0.3 is 0 Å². The summed E-state index contributed by atoms with van der Waals surface area (Å²) in [5.74, 6) is 0.155. The molecule has 0 saturated heterocycles. The Labute approximate surface area is 123 Å². The van der Waals surface area contributed by atoms with Crippen molar-refractivity contribution in [2.45, 2.75) is 6.10 Å². The lowest BCUT2D eigenvalue weighted by molar-refractivity contribution is 0.103. The summed E-state index contributed by atoms with van der Waals surface area (Å²) in [6.45, 7) is 0.354. The van der Waals surface area contributed by atoms with Crippen molar-refractivity contribution in [3.05, 3.63) is 65.7 Å². The third-order valence-electron chi connectivity index (χ3n) is 2.88. The molecule has 2 rings (SSSR count). The van der Waals surface area contributed by atoms with Crippen LogP contribution in [0.3, 0.4) is 0 Å². The molecule has 0 aliphatic carbocycles. The second kappa shape index (κ2) is 7.08. The van der Waals surface area contributed by atoms with Crippen molar-refractivity contribution in [3.63, 3.8) is 0 Å². The molecule has 4 heteroatoms. The van der Waals surface area contributed by atoms with Gasteiger partial charge in [-0.05, 0) is 12.1 Å². The van der Waals surface area contributed by atoms with E-state index in [-0.39, 0.29) is 11.7 Å². The topological polar surface area (TPSA) is 49.3 Å². The Kier molecular flexibility index (Phi) is 5.16. The molecule has 104 valence electrons. The minimum absolute atomic E-state index is 0.0212. The van der Waals surface area contributed by atoms with Gasteiger partial charge in [-0.25, -0.2) is 0 Å². The van der Waals surface area contributed by atoms with Gasteiger partial charge in [0.15, 0.2) is 5.78 Å². The van der Waals surface area contributed by atoms with Crippen LogP contribution in [0.2, 0.25) is 0 Å². The van der Waals surface area contributed by atoms with Gasteiger partial charge in [-0.3, -0.25) is 4.79 Å². The smallest absolute Gasteiger partial charge is 0.193 e. The fourth-order valence-corrected chi connectivity index (χ4v) is 1.93. The van der Waals surface area contributed by atoms with E-state index in [1.165, 1.54) is 0 Å². The van der Waals surface area contributed by atoms with Crippen LogP contribution in [0.15, 0.2) is 54.6 Å². The van der Waals surface area contributed by atoms with E-state index >= 15 is 0 Å². The number of nitrogens with one attached hydrogen (secondary N) is 1. The maximum atomic E-state index is 12.3. The molecule has 0 aromatic heterocycles. The fourth-order valence-electron chi connectivity index (χ4n) is 1.82. The van der Waals surface area contributed by atoms with E-state index in [0.717, 1.165) is 5.69 Å². The van der Waals surface area contributed by atoms with Crippen LogP contribution < -0.4 is 5.32 Å². The highest BCUT2D eigenvalue weighted by Gasteiger charge is 2.09. The van der Waals surface area contributed by atoms with E-state index in [1.54, 1.807) is 24.3 Å². The number of carbonyl (C=O) groups is 1. The quantitative estimate of drug-likeness (QED) is 0.635. The van der Waals surface area contributed by atoms with Gasteiger partial charge in [0, 0.05) is 23.4 Å². The zero-order valence-electron chi connectivity index (χ0n) is 10.9. The van der Waals surface area contributed by atoms with Crippen molar-refractivity contribution in [1.29, 1.82) is 0 Å². The number of carbonyl (C=O) groups excluding carboxylic acids is 1. The standard InChI is InChI=1S/C16H16ClNO2/c17-10-15(19)11-18-14-8-4-7-13(9-14)16(20)12-5-2-1-3-6-12/h1-9,15,18-19H,10-11H2. The molecule has 3 nitrogen and oxygen atoms in total. The van der Waals surface area contributed by atoms with Crippen LogP contribution in [-0.4, -0.2) is 29.4 Å². The van der Waals surface area contributed by atoms with Crippen LogP contribution in [0.5, 0.6) is 0 Å². The molecule has 1 unspecified atom stereocenters. The number of hydrogen-bond donors (Lipinski definition) is 2. The van der Waals surface area contributed by atoms with E-state index in [0.29, 0.717) is 17.7 Å². The molecule has 0 saturated carbocycles. The normalized spacial score (nSPS) is 11.9. The Bertz CT molecular complexity index is 572. The van der Waals surface area contributed by atoms with Crippen molar-refractivity contribution < 1.29 is 9.90 Å². The number of hydrogen-bond acceptors (Lipinski definition) is 3. The number of rotatable bonds is 6. The summed E-state index contributed by atoms with van der Waals surface area (Å²) >= 11 is 5.54. The van der Waals surface area contributed by atoms with Gasteiger partial charge in [-0.15, -0.1) is 11.6 Å². The second-order valence-electron chi connectivity index (χ2n) is 4.46. The van der Waals surface area contributed by atoms with E-state index in [2.05, 4.69) is 5.32 Å². The Hall–Kier alpha value is -1.84. The van der Waals surface area contributed by atoms with E-state index in [4.69, 9.17) is 11.6 Å². The predicted octanol–water partition coefficient (Wildman–Crippen LogP) is 2.93. The average Bonchev–Trinajstić information content (AvgIpc) is 2.53. The monoisotopic (exact) mass is 289 g/mol. The van der Waals surface area contributed by atoms with Crippen LogP contribution in [0.25, 0.3) is 0 Å². The van der Waals surface area contributed by atoms with Gasteiger partial charge in [0.25, 0.3) is 0 Å². The van der Waals surface area contributed by atoms with E-state index in [1.807, 2.05) is 30.3 Å². The summed E-state index contributed by atoms with van der Waals surface area (Å²) in [4.78, 5) is 12.3. The maximum absolute atomic E-state index is 12.3. The number of ketones is 1. The minimum Gasteiger partial charge on any atom is -0.390 e. The zero-order valence-corrected chi connectivity index (χ0v) is 11.7. The van der Waals surface area contributed by atoms with Crippen LogP contribution in [0, 0.1) is 0 Å². The lowest BCUT2D eigenvalue weighted by Gasteiger charge is -2.11. The van der Waals surface area contributed by atoms with Crippen molar-refractivity contribution in [2.75, 3.05) is 17.7 Å². The first-order valence-corrected chi connectivity index (χ1v) is 6.92. The number of alkyl halides is 1. The van der Waals surface area contributed by atoms with E-state index < -0.39 is 6.10 Å². The largest absolute Gasteiger partial charge is 0.390 e. The average molecular weight is 290 g/mol. The highest BCUT2D eigenvalue weighted by molar-refractivity contribution is 6.18. The Morgan fingerprint density at radius 1 is 1.10 bits per heavy atom. The van der Waals surface area contributed by atoms with E-state index in [9.17, 15) is 9.90 Å². The van der Waals surface area contributed by atoms with Gasteiger partial charge in [0.05, 0.1) is 12.0 Å². The summed E-state index contributed by atoms with van der Waals surface area (Å²) in [7, 11) is 0. The molecule has 0 fully saturated rings. The Morgan fingerprint density at radius 3 is 2.50 bits per heavy atom. The number of aliphatic hydroxyl groups excluding tert-OH is 1. The van der Waals surface area contributed by atoms with Crippen molar-refractivity contribution in [1.82, 2.24) is 0 Å². The molecule has 20 heavy (non-hydrogen) atoms. The Balaban J connectivity index is 2.11. The predicted molar refractivity (Wildman–Crippen MR) is 81.5 cm³/mol. The lowest BCUT2D eigenvalue weighted by atomic mass is 10.0. The highest BCUT2D eigenvalue weighted by Crippen LogP contribution is 2.15. The van der Waals surface area contributed by atoms with Crippen LogP contribution in [0.4, 0.5) is 5.69 Å². The number of anilines is 1. The summed E-state index contributed by atoms with van der Waals surface area (Å²) in [5, 5.41) is 12.5. The van der Waals surface area contributed by atoms with Crippen LogP contribution in [0.1, 0.15) is 15.9 Å². The first-order chi connectivity index (χ1) is 9.70. The van der Waals surface area contributed by atoms with Crippen molar-refractivity contribution in [2.24, 2.45) is 0 Å². The fraction of sp³-hybridized carbons (Fsp3) is 0.188. The lowest BCUT2D eigenvalue weighted by Crippen LogP contribution is -2.20. The van der Waals surface area contributed by atoms with Crippen molar-refractivity contribution in [3.8, 4) is 0 Å². The Morgan fingerprint density at radius 2 is 1.80 bits per heavy atom. The molecule has 0 spiro atoms. The molecule has 1 atom stereocenters. The molecule has 0 aliphatic rings. The molecular formula is C16H16ClNO2. The van der Waals surface area contributed by atoms with Gasteiger partial charge in [-0.1, -0.05) is 42.5 Å². The summed E-state index contributed by atoms with van der Waals surface area (Å²) in [6.07, 6.45) is -0.606. The van der Waals surface area contributed by atoms with Gasteiger partial charge in [-0.2, -0.15) is 0 Å². The first-order valence-electron chi connectivity index (χ1n) is 6.38. The van der Waals surface area contributed by atoms with Crippen molar-refractivity contribution >= 4 is 23.1 Å². The third kappa shape index (κ3) is 3.83. The molecule has 2 N–H and O–H groups in total. The molecule has 0 radical (unpaired) electrons. The molecule has 0 aliphatic heterocycles. The maximum Gasteiger partial charge on any atom is 0.193 e. The SMILES string of the molecule is O=C(c1ccccc1)c1cccc(NCC(O)CCl)c1. The number of benzene rings is 2. The number of halogens is 1. The number of aliphatic hydroxyl groups is 1. The van der Waals surface area contributed by atoms with Crippen LogP contribution >= 0.6 is 11.6 Å². The first kappa shape index (κ1) is 14.6. The second-order valence-corrected chi connectivity index (χ2v) is 4.77. The van der Waals surface area contributed by atoms with Gasteiger partial charge < -0.3 is 10.4 Å². The molecule has 0 bridgehead atoms. The summed E-state index contributed by atoms with van der Waals surface area (Å²) in [6, 6.07) is 16.4. The van der Waals surface area contributed by atoms with Gasteiger partial charge in [0.1, 0.15) is 0 Å². The molecule has 0 heterocycles. The summed E-state index contributed by atoms with van der Waals surface area (Å²) < 4.78 is 0.